The van der Waals surface area contributed by atoms with Crippen molar-refractivity contribution < 1.29 is 4.79 Å². The second kappa shape index (κ2) is 6.71. The molecular formula is C21H26N4O. The highest BCUT2D eigenvalue weighted by molar-refractivity contribution is 5.83. The lowest BCUT2D eigenvalue weighted by atomic mass is 10.1. The van der Waals surface area contributed by atoms with Gasteiger partial charge in [0.25, 0.3) is 0 Å². The molecule has 1 saturated heterocycles. The van der Waals surface area contributed by atoms with E-state index >= 15 is 0 Å². The number of aryl methyl sites for hydroxylation is 2. The average Bonchev–Trinajstić information content (AvgIpc) is 3.46. The number of rotatable bonds is 3. The number of hydrogen-bond acceptors (Lipinski definition) is 4. The van der Waals surface area contributed by atoms with Gasteiger partial charge in [-0.3, -0.25) is 4.79 Å². The standard InChI is InChI=1S/C21H26N4O/c1-14-15(2)22-16(3)23-20(14)24-9-11-25(12-10-24)21(26)19-13-18(19)17-7-5-4-6-8-17/h4-8,18-19H,9-13H2,1-3H3. The van der Waals surface area contributed by atoms with E-state index in [4.69, 9.17) is 0 Å². The molecule has 1 aromatic heterocycles. The van der Waals surface area contributed by atoms with Crippen molar-refractivity contribution in [3.8, 4) is 0 Å². The van der Waals surface area contributed by atoms with Gasteiger partial charge in [0.05, 0.1) is 0 Å². The molecule has 5 heteroatoms. The molecule has 1 aliphatic heterocycles. The maximum atomic E-state index is 12.8. The van der Waals surface area contributed by atoms with Crippen LogP contribution in [0.25, 0.3) is 0 Å². The number of hydrogen-bond donors (Lipinski definition) is 0. The van der Waals surface area contributed by atoms with Crippen molar-refractivity contribution in [1.82, 2.24) is 14.9 Å². The van der Waals surface area contributed by atoms with E-state index < -0.39 is 0 Å². The quantitative estimate of drug-likeness (QED) is 0.854. The molecule has 1 aliphatic carbocycles. The minimum atomic E-state index is 0.175. The Morgan fingerprint density at radius 1 is 1.00 bits per heavy atom. The van der Waals surface area contributed by atoms with Gasteiger partial charge in [-0.05, 0) is 38.7 Å². The van der Waals surface area contributed by atoms with Gasteiger partial charge in [0.1, 0.15) is 11.6 Å². The monoisotopic (exact) mass is 350 g/mol. The summed E-state index contributed by atoms with van der Waals surface area (Å²) in [5, 5.41) is 0. The second-order valence-corrected chi connectivity index (χ2v) is 7.48. The lowest BCUT2D eigenvalue weighted by molar-refractivity contribution is -0.133. The average molecular weight is 350 g/mol. The van der Waals surface area contributed by atoms with Gasteiger partial charge in [0.2, 0.25) is 5.91 Å². The third kappa shape index (κ3) is 3.18. The molecule has 26 heavy (non-hydrogen) atoms. The van der Waals surface area contributed by atoms with Crippen LogP contribution in [0.3, 0.4) is 0 Å². The fourth-order valence-electron chi connectivity index (χ4n) is 3.97. The van der Waals surface area contributed by atoms with Crippen LogP contribution in [0, 0.1) is 26.7 Å². The fourth-order valence-corrected chi connectivity index (χ4v) is 3.97. The third-order valence-corrected chi connectivity index (χ3v) is 5.70. The highest BCUT2D eigenvalue weighted by Crippen LogP contribution is 2.48. The zero-order valence-corrected chi connectivity index (χ0v) is 15.8. The fraction of sp³-hybridized carbons (Fsp3) is 0.476. The molecule has 0 radical (unpaired) electrons. The Bertz CT molecular complexity index is 812. The number of amides is 1. The molecule has 2 heterocycles. The van der Waals surface area contributed by atoms with E-state index in [2.05, 4.69) is 46.1 Å². The highest BCUT2D eigenvalue weighted by atomic mass is 16.2. The number of benzene rings is 1. The van der Waals surface area contributed by atoms with Gasteiger partial charge in [0, 0.05) is 43.4 Å². The number of nitrogens with zero attached hydrogens (tertiary/aromatic N) is 4. The summed E-state index contributed by atoms with van der Waals surface area (Å²) in [5.41, 5.74) is 3.48. The summed E-state index contributed by atoms with van der Waals surface area (Å²) in [7, 11) is 0. The summed E-state index contributed by atoms with van der Waals surface area (Å²) < 4.78 is 0. The first-order chi connectivity index (χ1) is 12.5. The summed E-state index contributed by atoms with van der Waals surface area (Å²) >= 11 is 0. The Balaban J connectivity index is 1.38. The summed E-state index contributed by atoms with van der Waals surface area (Å²) in [4.78, 5) is 26.3. The molecular weight excluding hydrogens is 324 g/mol. The molecule has 1 amide bonds. The Hall–Kier alpha value is -2.43. The summed E-state index contributed by atoms with van der Waals surface area (Å²) in [6.07, 6.45) is 0.993. The van der Waals surface area contributed by atoms with Crippen LogP contribution in [-0.4, -0.2) is 47.0 Å². The van der Waals surface area contributed by atoms with E-state index in [9.17, 15) is 4.79 Å². The number of carbonyl (C=O) groups is 1. The predicted octanol–water partition coefficient (Wildman–Crippen LogP) is 2.85. The summed E-state index contributed by atoms with van der Waals surface area (Å²) in [6.45, 7) is 9.28. The highest BCUT2D eigenvalue weighted by Gasteiger charge is 2.46. The zero-order chi connectivity index (χ0) is 18.3. The number of piperazine rings is 1. The SMILES string of the molecule is Cc1nc(C)c(C)c(N2CCN(C(=O)C3CC3c3ccccc3)CC2)n1. The molecule has 1 aromatic carbocycles. The smallest absolute Gasteiger partial charge is 0.226 e. The molecule has 1 saturated carbocycles. The molecule has 2 fully saturated rings. The summed E-state index contributed by atoms with van der Waals surface area (Å²) in [6, 6.07) is 10.4. The van der Waals surface area contributed by atoms with Crippen molar-refractivity contribution >= 4 is 11.7 Å². The predicted molar refractivity (Wildman–Crippen MR) is 102 cm³/mol. The Morgan fingerprint density at radius 2 is 1.69 bits per heavy atom. The molecule has 0 N–H and O–H groups in total. The van der Waals surface area contributed by atoms with E-state index in [0.717, 1.165) is 55.5 Å². The molecule has 2 aliphatic rings. The van der Waals surface area contributed by atoms with Crippen molar-refractivity contribution in [2.24, 2.45) is 5.92 Å². The topological polar surface area (TPSA) is 49.3 Å². The lowest BCUT2D eigenvalue weighted by Crippen LogP contribution is -2.49. The van der Waals surface area contributed by atoms with Gasteiger partial charge in [-0.25, -0.2) is 9.97 Å². The zero-order valence-electron chi connectivity index (χ0n) is 15.8. The first-order valence-electron chi connectivity index (χ1n) is 9.45. The van der Waals surface area contributed by atoms with Crippen LogP contribution in [0.5, 0.6) is 0 Å². The van der Waals surface area contributed by atoms with Crippen LogP contribution in [0.2, 0.25) is 0 Å². The van der Waals surface area contributed by atoms with Crippen molar-refractivity contribution in [3.05, 3.63) is 53.0 Å². The maximum Gasteiger partial charge on any atom is 0.226 e. The van der Waals surface area contributed by atoms with Crippen LogP contribution in [0.1, 0.15) is 35.0 Å². The van der Waals surface area contributed by atoms with Gasteiger partial charge in [-0.15, -0.1) is 0 Å². The first kappa shape index (κ1) is 17.0. The third-order valence-electron chi connectivity index (χ3n) is 5.70. The molecule has 2 aromatic rings. The van der Waals surface area contributed by atoms with Gasteiger partial charge < -0.3 is 9.80 Å². The van der Waals surface area contributed by atoms with Gasteiger partial charge in [-0.2, -0.15) is 0 Å². The van der Waals surface area contributed by atoms with Crippen molar-refractivity contribution in [2.45, 2.75) is 33.1 Å². The van der Waals surface area contributed by atoms with Gasteiger partial charge in [0.15, 0.2) is 0 Å². The van der Waals surface area contributed by atoms with E-state index in [1.807, 2.05) is 24.8 Å². The number of carbonyl (C=O) groups excluding carboxylic acids is 1. The molecule has 2 atom stereocenters. The van der Waals surface area contributed by atoms with E-state index in [1.165, 1.54) is 5.56 Å². The molecule has 0 spiro atoms. The minimum Gasteiger partial charge on any atom is -0.353 e. The van der Waals surface area contributed by atoms with Crippen LogP contribution in [-0.2, 0) is 4.79 Å². The Labute approximate surface area is 155 Å². The maximum absolute atomic E-state index is 12.8. The molecule has 136 valence electrons. The first-order valence-corrected chi connectivity index (χ1v) is 9.45. The largest absolute Gasteiger partial charge is 0.353 e. The van der Waals surface area contributed by atoms with Gasteiger partial charge >= 0.3 is 0 Å². The summed E-state index contributed by atoms with van der Waals surface area (Å²) in [5.74, 6) is 2.75. The Morgan fingerprint density at radius 3 is 2.38 bits per heavy atom. The van der Waals surface area contributed by atoms with Crippen LogP contribution >= 0.6 is 0 Å². The molecule has 4 rings (SSSR count). The van der Waals surface area contributed by atoms with Crippen molar-refractivity contribution in [1.29, 1.82) is 0 Å². The van der Waals surface area contributed by atoms with E-state index in [-0.39, 0.29) is 5.92 Å². The van der Waals surface area contributed by atoms with Crippen LogP contribution < -0.4 is 4.90 Å². The number of anilines is 1. The van der Waals surface area contributed by atoms with E-state index in [1.54, 1.807) is 0 Å². The normalized spacial score (nSPS) is 22.4. The lowest BCUT2D eigenvalue weighted by Gasteiger charge is -2.36. The van der Waals surface area contributed by atoms with Crippen molar-refractivity contribution in [3.63, 3.8) is 0 Å². The van der Waals surface area contributed by atoms with Crippen LogP contribution in [0.15, 0.2) is 30.3 Å². The second-order valence-electron chi connectivity index (χ2n) is 7.48. The van der Waals surface area contributed by atoms with Crippen molar-refractivity contribution in [2.75, 3.05) is 31.1 Å². The van der Waals surface area contributed by atoms with Gasteiger partial charge in [-0.1, -0.05) is 30.3 Å². The minimum absolute atomic E-state index is 0.175. The number of aromatic nitrogens is 2. The Kier molecular flexibility index (Phi) is 4.39. The van der Waals surface area contributed by atoms with E-state index in [0.29, 0.717) is 11.8 Å². The molecule has 0 bridgehead atoms. The molecule has 2 unspecified atom stereocenters. The molecule has 5 nitrogen and oxygen atoms in total. The van der Waals surface area contributed by atoms with Crippen LogP contribution in [0.4, 0.5) is 5.82 Å².